The molecule has 0 spiro atoms. The van der Waals surface area contributed by atoms with Crippen LogP contribution >= 0.6 is 54.9 Å². The van der Waals surface area contributed by atoms with Crippen LogP contribution in [-0.4, -0.2) is 25.9 Å². The Bertz CT molecular complexity index is 1320. The number of halogens is 3. The summed E-state index contributed by atoms with van der Waals surface area (Å²) in [5, 5.41) is 3.32. The van der Waals surface area contributed by atoms with Gasteiger partial charge in [-0.2, -0.15) is 0 Å². The average molecular weight is 685 g/mol. The van der Waals surface area contributed by atoms with Crippen molar-refractivity contribution in [1.82, 2.24) is 5.32 Å². The highest BCUT2D eigenvalue weighted by Crippen LogP contribution is 2.41. The first-order valence-corrected chi connectivity index (χ1v) is 14.0. The molecule has 2 heterocycles. The maximum Gasteiger partial charge on any atom is 0.259 e. The number of alkyl halides is 1. The summed E-state index contributed by atoms with van der Waals surface area (Å²) in [6.45, 7) is 0.578. The normalized spacial score (nSPS) is 17.0. The van der Waals surface area contributed by atoms with E-state index in [-0.39, 0.29) is 11.8 Å². The quantitative estimate of drug-likeness (QED) is 0.166. The second-order valence-electron chi connectivity index (χ2n) is 7.79. The molecule has 2 aliphatic rings. The first-order chi connectivity index (χ1) is 15.8. The van der Waals surface area contributed by atoms with Gasteiger partial charge in [-0.05, 0) is 64.4 Å². The maximum atomic E-state index is 13.6. The van der Waals surface area contributed by atoms with Crippen molar-refractivity contribution >= 4 is 87.3 Å². The van der Waals surface area contributed by atoms with Crippen molar-refractivity contribution in [2.75, 3.05) is 22.9 Å². The van der Waals surface area contributed by atoms with Gasteiger partial charge < -0.3 is 21.7 Å². The fourth-order valence-electron chi connectivity index (χ4n) is 4.12. The second-order valence-corrected chi connectivity index (χ2v) is 12.3. The molecular weight excluding hydrogens is 666 g/mol. The Hall–Kier alpha value is -2.18. The number of rotatable bonds is 3. The SMILES string of the molecule is Nc1cc2c3c(c1)C(c1ccccc1)=IC(NC(=O)c1cc(Cl)c(N)c(I)c1)C(=O)N3CC2. The first kappa shape index (κ1) is 22.6. The molecular formula is C24H19ClI2N4O2. The molecule has 0 radical (unpaired) electrons. The van der Waals surface area contributed by atoms with Gasteiger partial charge in [0.25, 0.3) is 11.8 Å². The molecule has 3 aromatic rings. The molecule has 168 valence electrons. The molecule has 0 bridgehead atoms. The van der Waals surface area contributed by atoms with Crippen molar-refractivity contribution in [2.24, 2.45) is 0 Å². The summed E-state index contributed by atoms with van der Waals surface area (Å²) in [6.07, 6.45) is 0.742. The van der Waals surface area contributed by atoms with Crippen molar-refractivity contribution in [3.63, 3.8) is 0 Å². The summed E-state index contributed by atoms with van der Waals surface area (Å²) in [5.41, 5.74) is 17.7. The van der Waals surface area contributed by atoms with Crippen LogP contribution < -0.4 is 21.7 Å². The number of carbonyl (C=O) groups is 2. The Morgan fingerprint density at radius 2 is 1.91 bits per heavy atom. The van der Waals surface area contributed by atoms with Crippen LogP contribution in [0.3, 0.4) is 0 Å². The number of nitrogens with two attached hydrogens (primary N) is 2. The van der Waals surface area contributed by atoms with Crippen LogP contribution in [0.5, 0.6) is 0 Å². The van der Waals surface area contributed by atoms with Crippen molar-refractivity contribution in [3.8, 4) is 0 Å². The van der Waals surface area contributed by atoms with E-state index in [9.17, 15) is 9.59 Å². The highest BCUT2D eigenvalue weighted by Gasteiger charge is 2.37. The van der Waals surface area contributed by atoms with Crippen molar-refractivity contribution < 1.29 is 9.59 Å². The zero-order valence-electron chi connectivity index (χ0n) is 17.2. The lowest BCUT2D eigenvalue weighted by molar-refractivity contribution is -0.118. The fraction of sp³-hybridized carbons (Fsp3) is 0.125. The van der Waals surface area contributed by atoms with E-state index in [1.54, 1.807) is 12.1 Å². The third-order valence-electron chi connectivity index (χ3n) is 5.65. The summed E-state index contributed by atoms with van der Waals surface area (Å²) in [7, 11) is 0. The van der Waals surface area contributed by atoms with Gasteiger partial charge in [-0.15, -0.1) is 0 Å². The number of benzene rings is 3. The van der Waals surface area contributed by atoms with Gasteiger partial charge in [-0.3, -0.25) is 9.59 Å². The minimum Gasteiger partial charge on any atom is -0.399 e. The summed E-state index contributed by atoms with van der Waals surface area (Å²) in [5.74, 6) is -0.423. The summed E-state index contributed by atoms with van der Waals surface area (Å²) in [4.78, 5) is 28.6. The highest BCUT2D eigenvalue weighted by molar-refractivity contribution is 14.2. The van der Waals surface area contributed by atoms with Gasteiger partial charge in [0.15, 0.2) is 4.05 Å². The van der Waals surface area contributed by atoms with Crippen LogP contribution in [-0.2, 0) is 11.2 Å². The fourth-order valence-corrected chi connectivity index (χ4v) is 8.25. The maximum absolute atomic E-state index is 13.6. The molecule has 2 aliphatic heterocycles. The molecule has 0 fully saturated rings. The van der Waals surface area contributed by atoms with Crippen LogP contribution in [0.2, 0.25) is 5.02 Å². The molecule has 5 rings (SSSR count). The molecule has 1 atom stereocenters. The first-order valence-electron chi connectivity index (χ1n) is 10.2. The molecule has 0 saturated heterocycles. The smallest absolute Gasteiger partial charge is 0.259 e. The van der Waals surface area contributed by atoms with Crippen LogP contribution in [0.25, 0.3) is 0 Å². The van der Waals surface area contributed by atoms with E-state index in [4.69, 9.17) is 23.1 Å². The van der Waals surface area contributed by atoms with E-state index in [0.717, 1.165) is 32.3 Å². The molecule has 5 N–H and O–H groups in total. The van der Waals surface area contributed by atoms with E-state index in [0.29, 0.717) is 32.1 Å². The monoisotopic (exact) mass is 684 g/mol. The number of hydrogen-bond acceptors (Lipinski definition) is 4. The Balaban J connectivity index is 1.61. The molecule has 2 amide bonds. The number of hydrogen-bond donors (Lipinski definition) is 3. The lowest BCUT2D eigenvalue weighted by Crippen LogP contribution is -2.45. The number of nitrogen functional groups attached to an aromatic ring is 2. The van der Waals surface area contributed by atoms with Crippen LogP contribution in [0.15, 0.2) is 54.6 Å². The number of anilines is 3. The van der Waals surface area contributed by atoms with Crippen molar-refractivity contribution in [1.29, 1.82) is 0 Å². The van der Waals surface area contributed by atoms with Crippen LogP contribution in [0, 0.1) is 3.57 Å². The minimum atomic E-state index is -0.941. The molecule has 0 aliphatic carbocycles. The van der Waals surface area contributed by atoms with Crippen LogP contribution in [0.1, 0.15) is 27.0 Å². The molecule has 6 nitrogen and oxygen atoms in total. The van der Waals surface area contributed by atoms with E-state index < -0.39 is 24.8 Å². The van der Waals surface area contributed by atoms with Gasteiger partial charge in [0.1, 0.15) is 0 Å². The van der Waals surface area contributed by atoms with E-state index in [1.165, 1.54) is 0 Å². The molecule has 1 unspecified atom stereocenters. The Morgan fingerprint density at radius 1 is 1.15 bits per heavy atom. The number of nitrogens with zero attached hydrogens (tertiary/aromatic N) is 1. The van der Waals surface area contributed by atoms with Gasteiger partial charge in [-0.1, -0.05) is 62.7 Å². The highest BCUT2D eigenvalue weighted by atomic mass is 127. The summed E-state index contributed by atoms with van der Waals surface area (Å²) in [6, 6.07) is 17.1. The van der Waals surface area contributed by atoms with Gasteiger partial charge in [0, 0.05) is 30.4 Å². The topological polar surface area (TPSA) is 101 Å². The van der Waals surface area contributed by atoms with E-state index >= 15 is 0 Å². The number of amides is 2. The average Bonchev–Trinajstić information content (AvgIpc) is 3.18. The predicted octanol–water partition coefficient (Wildman–Crippen LogP) is 4.31. The third-order valence-corrected chi connectivity index (χ3v) is 10.1. The lowest BCUT2D eigenvalue weighted by Gasteiger charge is -2.21. The van der Waals surface area contributed by atoms with Crippen molar-refractivity contribution in [2.45, 2.75) is 10.5 Å². The predicted molar refractivity (Wildman–Crippen MR) is 150 cm³/mol. The molecule has 33 heavy (non-hydrogen) atoms. The van der Waals surface area contributed by atoms with Crippen LogP contribution in [0.4, 0.5) is 17.1 Å². The Labute approximate surface area is 219 Å². The lowest BCUT2D eigenvalue weighted by atomic mass is 9.99. The van der Waals surface area contributed by atoms with E-state index in [1.807, 2.05) is 70.0 Å². The molecule has 9 heteroatoms. The zero-order valence-corrected chi connectivity index (χ0v) is 22.3. The van der Waals surface area contributed by atoms with E-state index in [2.05, 4.69) is 5.32 Å². The van der Waals surface area contributed by atoms with Gasteiger partial charge in [-0.25, -0.2) is 0 Å². The van der Waals surface area contributed by atoms with Gasteiger partial charge >= 0.3 is 0 Å². The van der Waals surface area contributed by atoms with Crippen molar-refractivity contribution in [3.05, 3.63) is 85.4 Å². The number of carbonyl (C=O) groups excluding carboxylic acids is 2. The van der Waals surface area contributed by atoms with Gasteiger partial charge in [0.05, 0.1) is 16.4 Å². The third kappa shape index (κ3) is 4.12. The minimum absolute atomic E-state index is 0.0805. The Morgan fingerprint density at radius 3 is 2.64 bits per heavy atom. The molecule has 3 aromatic carbocycles. The summed E-state index contributed by atoms with van der Waals surface area (Å²) < 4.78 is 1.15. The second kappa shape index (κ2) is 8.88. The van der Waals surface area contributed by atoms with Gasteiger partial charge in [0.2, 0.25) is 0 Å². The largest absolute Gasteiger partial charge is 0.399 e. The molecule has 0 aromatic heterocycles. The number of nitrogens with one attached hydrogen (secondary N) is 1. The standard InChI is InChI=1S/C24H19ClI2N4O2/c25-17-9-14(10-18(26)20(17)29)23(32)30-22-24(33)31-7-6-13-8-15(28)11-16(21(13)31)19(27-22)12-4-2-1-3-5-12/h1-5,8-11,22H,6-7,28-29H2,(H,30,32). The summed E-state index contributed by atoms with van der Waals surface area (Å²) >= 11 is 7.30. The zero-order chi connectivity index (χ0) is 23.3. The Kier molecular flexibility index (Phi) is 6.08. The molecule has 0 saturated carbocycles.